The zero-order valence-electron chi connectivity index (χ0n) is 18.8. The second-order valence-electron chi connectivity index (χ2n) is 8.77. The number of carbonyl (C=O) groups is 2. The van der Waals surface area contributed by atoms with Crippen LogP contribution in [0.4, 0.5) is 21.9 Å². The Morgan fingerprint density at radius 3 is 2.65 bits per heavy atom. The fraction of sp³-hybridized carbons (Fsp3) is 0.417. The predicted octanol–water partition coefficient (Wildman–Crippen LogP) is 5.14. The zero-order chi connectivity index (χ0) is 22.6. The molecule has 0 unspecified atom stereocenters. The lowest BCUT2D eigenvalue weighted by Crippen LogP contribution is -2.42. The van der Waals surface area contributed by atoms with Crippen LogP contribution in [0.3, 0.4) is 0 Å². The van der Waals surface area contributed by atoms with Gasteiger partial charge in [0.15, 0.2) is 0 Å². The van der Waals surface area contributed by atoms with Gasteiger partial charge in [-0.3, -0.25) is 4.79 Å². The van der Waals surface area contributed by atoms with Gasteiger partial charge in [-0.15, -0.1) is 0 Å². The molecule has 0 fully saturated rings. The summed E-state index contributed by atoms with van der Waals surface area (Å²) in [6.07, 6.45) is 0.891. The van der Waals surface area contributed by atoms with Crippen LogP contribution in [0.5, 0.6) is 11.5 Å². The number of hydrogen-bond donors (Lipinski definition) is 2. The molecule has 31 heavy (non-hydrogen) atoms. The second kappa shape index (κ2) is 9.29. The number of amides is 3. The first kappa shape index (κ1) is 22.5. The third kappa shape index (κ3) is 5.29. The molecule has 1 aliphatic heterocycles. The average molecular weight is 426 g/mol. The molecular weight excluding hydrogens is 394 g/mol. The number of anilines is 3. The fourth-order valence-corrected chi connectivity index (χ4v) is 3.37. The van der Waals surface area contributed by atoms with Crippen LogP contribution in [0.25, 0.3) is 0 Å². The molecule has 2 N–H and O–H groups in total. The van der Waals surface area contributed by atoms with Gasteiger partial charge in [0, 0.05) is 18.3 Å². The minimum absolute atomic E-state index is 0.0431. The van der Waals surface area contributed by atoms with Crippen molar-refractivity contribution in [1.29, 1.82) is 0 Å². The quantitative estimate of drug-likeness (QED) is 0.672. The monoisotopic (exact) mass is 425 g/mol. The first-order valence-electron chi connectivity index (χ1n) is 10.5. The number of hydrogen-bond acceptors (Lipinski definition) is 4. The molecule has 0 saturated carbocycles. The topological polar surface area (TPSA) is 79.9 Å². The van der Waals surface area contributed by atoms with Gasteiger partial charge in [-0.25, -0.2) is 4.79 Å². The summed E-state index contributed by atoms with van der Waals surface area (Å²) in [5.74, 6) is 1.67. The van der Waals surface area contributed by atoms with E-state index in [1.54, 1.807) is 36.3 Å². The van der Waals surface area contributed by atoms with E-state index in [4.69, 9.17) is 9.47 Å². The second-order valence-corrected chi connectivity index (χ2v) is 8.77. The Morgan fingerprint density at radius 1 is 1.19 bits per heavy atom. The smallest absolute Gasteiger partial charge is 0.323 e. The van der Waals surface area contributed by atoms with E-state index in [1.807, 2.05) is 32.0 Å². The lowest BCUT2D eigenvalue weighted by atomic mass is 9.92. The molecule has 0 radical (unpaired) electrons. The SMILES string of the molecule is COc1ccccc1NC(=O)Nc1ccc2c(c1)OCC(C)(C)C(=O)N2CCC(C)C. The van der Waals surface area contributed by atoms with Crippen LogP contribution < -0.4 is 25.0 Å². The van der Waals surface area contributed by atoms with Crippen molar-refractivity contribution in [2.45, 2.75) is 34.1 Å². The number of nitrogens with one attached hydrogen (secondary N) is 2. The highest BCUT2D eigenvalue weighted by molar-refractivity contribution is 6.02. The standard InChI is InChI=1S/C24H31N3O4/c1-16(2)12-13-27-19-11-10-17(14-21(19)31-15-24(3,4)22(27)28)25-23(29)26-18-8-6-7-9-20(18)30-5/h6-11,14,16H,12-13,15H2,1-5H3,(H2,25,26,29). The molecule has 0 aliphatic carbocycles. The normalized spacial score (nSPS) is 15.0. The van der Waals surface area contributed by atoms with Crippen molar-refractivity contribution in [1.82, 2.24) is 0 Å². The number of ether oxygens (including phenoxy) is 2. The molecule has 3 rings (SSSR count). The van der Waals surface area contributed by atoms with E-state index in [1.165, 1.54) is 0 Å². The van der Waals surface area contributed by atoms with Crippen molar-refractivity contribution < 1.29 is 19.1 Å². The number of rotatable bonds is 6. The van der Waals surface area contributed by atoms with Crippen LogP contribution in [0.15, 0.2) is 42.5 Å². The molecule has 1 aliphatic rings. The maximum absolute atomic E-state index is 13.1. The van der Waals surface area contributed by atoms with Gasteiger partial charge in [-0.1, -0.05) is 26.0 Å². The molecule has 0 spiro atoms. The molecule has 7 nitrogen and oxygen atoms in total. The number of carbonyl (C=O) groups excluding carboxylic acids is 2. The van der Waals surface area contributed by atoms with E-state index >= 15 is 0 Å². The summed E-state index contributed by atoms with van der Waals surface area (Å²) in [7, 11) is 1.55. The minimum Gasteiger partial charge on any atom is -0.495 e. The van der Waals surface area contributed by atoms with Crippen LogP contribution in [0, 0.1) is 11.3 Å². The van der Waals surface area contributed by atoms with Gasteiger partial charge >= 0.3 is 6.03 Å². The van der Waals surface area contributed by atoms with E-state index in [9.17, 15) is 9.59 Å². The third-order valence-corrected chi connectivity index (χ3v) is 5.21. The van der Waals surface area contributed by atoms with Crippen LogP contribution >= 0.6 is 0 Å². The molecule has 2 aromatic carbocycles. The summed E-state index contributed by atoms with van der Waals surface area (Å²) in [6.45, 7) is 8.95. The van der Waals surface area contributed by atoms with Crippen LogP contribution in [0.2, 0.25) is 0 Å². The van der Waals surface area contributed by atoms with Crippen molar-refractivity contribution in [2.24, 2.45) is 11.3 Å². The van der Waals surface area contributed by atoms with Gasteiger partial charge in [-0.2, -0.15) is 0 Å². The molecule has 166 valence electrons. The molecule has 1 heterocycles. The number of fused-ring (bicyclic) bond motifs is 1. The maximum Gasteiger partial charge on any atom is 0.323 e. The van der Waals surface area contributed by atoms with Crippen LogP contribution in [-0.2, 0) is 4.79 Å². The lowest BCUT2D eigenvalue weighted by Gasteiger charge is -2.28. The van der Waals surface area contributed by atoms with Gasteiger partial charge in [0.25, 0.3) is 0 Å². The maximum atomic E-state index is 13.1. The van der Waals surface area contributed by atoms with Crippen molar-refractivity contribution in [3.05, 3.63) is 42.5 Å². The number of methoxy groups -OCH3 is 1. The molecule has 3 amide bonds. The number of benzene rings is 2. The summed E-state index contributed by atoms with van der Waals surface area (Å²) in [5.41, 5.74) is 1.24. The highest BCUT2D eigenvalue weighted by atomic mass is 16.5. The highest BCUT2D eigenvalue weighted by Crippen LogP contribution is 2.38. The Balaban J connectivity index is 1.81. The van der Waals surface area contributed by atoms with Gasteiger partial charge in [0.05, 0.1) is 23.9 Å². The molecule has 0 bridgehead atoms. The Hall–Kier alpha value is -3.22. The zero-order valence-corrected chi connectivity index (χ0v) is 18.8. The van der Waals surface area contributed by atoms with Gasteiger partial charge in [0.2, 0.25) is 5.91 Å². The molecule has 0 atom stereocenters. The summed E-state index contributed by atoms with van der Waals surface area (Å²) >= 11 is 0. The van der Waals surface area contributed by atoms with Gasteiger partial charge in [-0.05, 0) is 50.5 Å². The third-order valence-electron chi connectivity index (χ3n) is 5.21. The van der Waals surface area contributed by atoms with E-state index in [0.717, 1.165) is 12.1 Å². The van der Waals surface area contributed by atoms with Crippen molar-refractivity contribution >= 4 is 29.0 Å². The molecule has 0 saturated heterocycles. The fourth-order valence-electron chi connectivity index (χ4n) is 3.37. The van der Waals surface area contributed by atoms with Gasteiger partial charge < -0.3 is 25.0 Å². The van der Waals surface area contributed by atoms with Crippen LogP contribution in [-0.4, -0.2) is 32.2 Å². The molecule has 2 aromatic rings. The van der Waals surface area contributed by atoms with Crippen molar-refractivity contribution in [2.75, 3.05) is 35.8 Å². The van der Waals surface area contributed by atoms with E-state index < -0.39 is 11.4 Å². The van der Waals surface area contributed by atoms with Crippen molar-refractivity contribution in [3.8, 4) is 11.5 Å². The minimum atomic E-state index is -0.634. The summed E-state index contributed by atoms with van der Waals surface area (Å²) < 4.78 is 11.3. The van der Waals surface area contributed by atoms with E-state index in [-0.39, 0.29) is 12.5 Å². The summed E-state index contributed by atoms with van der Waals surface area (Å²) in [4.78, 5) is 27.4. The predicted molar refractivity (Wildman–Crippen MR) is 123 cm³/mol. The summed E-state index contributed by atoms with van der Waals surface area (Å²) in [5, 5.41) is 5.60. The van der Waals surface area contributed by atoms with E-state index in [2.05, 4.69) is 24.5 Å². The van der Waals surface area contributed by atoms with Crippen LogP contribution in [0.1, 0.15) is 34.1 Å². The molecule has 7 heteroatoms. The molecular formula is C24H31N3O4. The number of nitrogens with zero attached hydrogens (tertiary/aromatic N) is 1. The molecule has 0 aromatic heterocycles. The van der Waals surface area contributed by atoms with Gasteiger partial charge in [0.1, 0.15) is 18.1 Å². The van der Waals surface area contributed by atoms with E-state index in [0.29, 0.717) is 35.3 Å². The average Bonchev–Trinajstić information content (AvgIpc) is 2.81. The Labute approximate surface area is 183 Å². The lowest BCUT2D eigenvalue weighted by molar-refractivity contribution is -0.127. The first-order chi connectivity index (χ1) is 14.7. The Kier molecular flexibility index (Phi) is 6.73. The number of urea groups is 1. The summed E-state index contributed by atoms with van der Waals surface area (Å²) in [6, 6.07) is 12.2. The first-order valence-corrected chi connectivity index (χ1v) is 10.5. The Bertz CT molecular complexity index is 956. The van der Waals surface area contributed by atoms with Crippen molar-refractivity contribution in [3.63, 3.8) is 0 Å². The largest absolute Gasteiger partial charge is 0.495 e. The number of para-hydroxylation sites is 2. The Morgan fingerprint density at radius 2 is 1.94 bits per heavy atom. The highest BCUT2D eigenvalue weighted by Gasteiger charge is 2.37.